The molecule has 162 valence electrons. The standard InChI is InChI=1S/C18H32ClFN4O3S/c1-11-21-16(10-24(11)2)12-8-14(17(20)15(19)9-12)18(25)22-23-28(26,27)13-6-4-3-5-7-13/h11-17,21,23H,3-10H2,1-2H3,(H,22,25). The van der Waals surface area contributed by atoms with E-state index in [4.69, 9.17) is 11.6 Å². The van der Waals surface area contributed by atoms with Gasteiger partial charge in [-0.2, -0.15) is 0 Å². The lowest BCUT2D eigenvalue weighted by Crippen LogP contribution is -2.53. The monoisotopic (exact) mass is 438 g/mol. The Hall–Kier alpha value is -0.480. The molecular formula is C18H32ClFN4O3S. The molecule has 0 spiro atoms. The summed E-state index contributed by atoms with van der Waals surface area (Å²) >= 11 is 6.23. The molecule has 3 aliphatic rings. The summed E-state index contributed by atoms with van der Waals surface area (Å²) in [5, 5.41) is 2.21. The first kappa shape index (κ1) is 22.2. The van der Waals surface area contributed by atoms with Crippen molar-refractivity contribution in [3.05, 3.63) is 0 Å². The molecule has 7 nitrogen and oxygen atoms in total. The van der Waals surface area contributed by atoms with Gasteiger partial charge in [0.1, 0.15) is 6.17 Å². The molecule has 0 aromatic carbocycles. The van der Waals surface area contributed by atoms with E-state index < -0.39 is 38.6 Å². The summed E-state index contributed by atoms with van der Waals surface area (Å²) in [5.74, 6) is -1.53. The van der Waals surface area contributed by atoms with Crippen LogP contribution in [0, 0.1) is 11.8 Å². The van der Waals surface area contributed by atoms with Gasteiger partial charge in [-0.1, -0.05) is 19.3 Å². The van der Waals surface area contributed by atoms with Gasteiger partial charge in [0.05, 0.1) is 22.7 Å². The average molecular weight is 439 g/mol. The minimum Gasteiger partial charge on any atom is -0.298 e. The van der Waals surface area contributed by atoms with E-state index in [0.717, 1.165) is 25.8 Å². The van der Waals surface area contributed by atoms with Crippen molar-refractivity contribution in [2.75, 3.05) is 13.6 Å². The van der Waals surface area contributed by atoms with E-state index in [1.165, 1.54) is 0 Å². The lowest BCUT2D eigenvalue weighted by molar-refractivity contribution is -0.129. The number of nitrogens with zero attached hydrogens (tertiary/aromatic N) is 1. The van der Waals surface area contributed by atoms with E-state index >= 15 is 0 Å². The van der Waals surface area contributed by atoms with Gasteiger partial charge in [-0.05, 0) is 45.6 Å². The van der Waals surface area contributed by atoms with E-state index in [0.29, 0.717) is 25.7 Å². The molecule has 3 N–H and O–H groups in total. The van der Waals surface area contributed by atoms with E-state index in [-0.39, 0.29) is 18.1 Å². The first-order valence-corrected chi connectivity index (χ1v) is 12.2. The molecule has 3 fully saturated rings. The molecule has 1 aliphatic heterocycles. The van der Waals surface area contributed by atoms with Crippen molar-refractivity contribution in [3.63, 3.8) is 0 Å². The Morgan fingerprint density at radius 1 is 1.21 bits per heavy atom. The van der Waals surface area contributed by atoms with Gasteiger partial charge in [-0.3, -0.25) is 20.4 Å². The molecule has 10 heteroatoms. The number of hydrazine groups is 1. The average Bonchev–Trinajstić information content (AvgIpc) is 3.01. The summed E-state index contributed by atoms with van der Waals surface area (Å²) in [6, 6.07) is 0.142. The normalized spacial score (nSPS) is 38.4. The Bertz CT molecular complexity index is 651. The molecule has 0 radical (unpaired) electrons. The van der Waals surface area contributed by atoms with Gasteiger partial charge >= 0.3 is 0 Å². The Labute approximate surface area is 172 Å². The molecule has 0 bridgehead atoms. The minimum absolute atomic E-state index is 0.0626. The van der Waals surface area contributed by atoms with Crippen LogP contribution in [-0.4, -0.2) is 61.8 Å². The van der Waals surface area contributed by atoms with E-state index in [1.807, 2.05) is 7.05 Å². The number of halogens is 2. The summed E-state index contributed by atoms with van der Waals surface area (Å²) < 4.78 is 39.5. The van der Waals surface area contributed by atoms with Crippen LogP contribution in [0.1, 0.15) is 51.9 Å². The molecule has 2 saturated carbocycles. The Morgan fingerprint density at radius 2 is 1.89 bits per heavy atom. The molecule has 1 saturated heterocycles. The highest BCUT2D eigenvalue weighted by molar-refractivity contribution is 7.90. The number of amides is 1. The summed E-state index contributed by atoms with van der Waals surface area (Å²) in [4.78, 5) is 17.0. The van der Waals surface area contributed by atoms with Crippen LogP contribution in [0.4, 0.5) is 4.39 Å². The van der Waals surface area contributed by atoms with E-state index in [1.54, 1.807) is 0 Å². The molecule has 3 rings (SSSR count). The molecule has 6 unspecified atom stereocenters. The van der Waals surface area contributed by atoms with Gasteiger partial charge in [0.15, 0.2) is 0 Å². The highest BCUT2D eigenvalue weighted by Crippen LogP contribution is 2.37. The number of hydrogen-bond acceptors (Lipinski definition) is 5. The number of alkyl halides is 2. The Balaban J connectivity index is 1.59. The largest absolute Gasteiger partial charge is 0.298 e. The predicted molar refractivity (Wildman–Crippen MR) is 107 cm³/mol. The highest BCUT2D eigenvalue weighted by atomic mass is 35.5. The number of nitrogens with one attached hydrogen (secondary N) is 3. The van der Waals surface area contributed by atoms with Crippen molar-refractivity contribution < 1.29 is 17.6 Å². The van der Waals surface area contributed by atoms with Crippen LogP contribution >= 0.6 is 11.6 Å². The number of carbonyl (C=O) groups is 1. The first-order valence-electron chi connectivity index (χ1n) is 10.2. The molecule has 1 heterocycles. The fourth-order valence-corrected chi connectivity index (χ4v) is 6.49. The molecule has 0 aromatic rings. The van der Waals surface area contributed by atoms with Crippen LogP contribution in [0.25, 0.3) is 0 Å². The fourth-order valence-electron chi connectivity index (χ4n) is 4.72. The maximum absolute atomic E-state index is 14.7. The summed E-state index contributed by atoms with van der Waals surface area (Å²) in [7, 11) is -1.63. The van der Waals surface area contributed by atoms with Gasteiger partial charge in [0.25, 0.3) is 0 Å². The van der Waals surface area contributed by atoms with Gasteiger partial charge in [0.2, 0.25) is 15.9 Å². The van der Waals surface area contributed by atoms with Gasteiger partial charge in [-0.25, -0.2) is 12.8 Å². The zero-order valence-corrected chi connectivity index (χ0v) is 18.1. The van der Waals surface area contributed by atoms with Crippen molar-refractivity contribution in [2.45, 2.75) is 80.9 Å². The molecule has 6 atom stereocenters. The predicted octanol–water partition coefficient (Wildman–Crippen LogP) is 1.49. The molecule has 28 heavy (non-hydrogen) atoms. The van der Waals surface area contributed by atoms with Gasteiger partial charge in [-0.15, -0.1) is 16.4 Å². The zero-order chi connectivity index (χ0) is 20.5. The number of sulfonamides is 1. The highest BCUT2D eigenvalue weighted by Gasteiger charge is 2.45. The second-order valence-corrected chi connectivity index (χ2v) is 11.1. The molecular weight excluding hydrogens is 407 g/mol. The molecule has 0 aromatic heterocycles. The van der Waals surface area contributed by atoms with Gasteiger partial charge < -0.3 is 0 Å². The summed E-state index contributed by atoms with van der Waals surface area (Å²) in [5.41, 5.74) is 2.26. The number of rotatable bonds is 5. The van der Waals surface area contributed by atoms with E-state index in [2.05, 4.69) is 27.4 Å². The van der Waals surface area contributed by atoms with Crippen LogP contribution < -0.4 is 15.6 Å². The molecule has 2 aliphatic carbocycles. The van der Waals surface area contributed by atoms with Crippen molar-refractivity contribution in [2.24, 2.45) is 11.8 Å². The summed E-state index contributed by atoms with van der Waals surface area (Å²) in [6.45, 7) is 2.87. The summed E-state index contributed by atoms with van der Waals surface area (Å²) in [6.07, 6.45) is 3.52. The maximum Gasteiger partial charge on any atom is 0.241 e. The lowest BCUT2D eigenvalue weighted by Gasteiger charge is -2.37. The quantitative estimate of drug-likeness (QED) is 0.447. The number of likely N-dealkylation sites (N-methyl/N-ethyl adjacent to an activating group) is 1. The van der Waals surface area contributed by atoms with Crippen molar-refractivity contribution in [1.29, 1.82) is 0 Å². The smallest absolute Gasteiger partial charge is 0.241 e. The maximum atomic E-state index is 14.7. The Morgan fingerprint density at radius 3 is 2.50 bits per heavy atom. The Kier molecular flexibility index (Phi) is 7.23. The van der Waals surface area contributed by atoms with Crippen LogP contribution in [0.5, 0.6) is 0 Å². The van der Waals surface area contributed by atoms with E-state index in [9.17, 15) is 17.6 Å². The van der Waals surface area contributed by atoms with Crippen molar-refractivity contribution >= 4 is 27.5 Å². The third kappa shape index (κ3) is 4.98. The van der Waals surface area contributed by atoms with Crippen LogP contribution in [0.3, 0.4) is 0 Å². The van der Waals surface area contributed by atoms with Crippen LogP contribution in [0.2, 0.25) is 0 Å². The first-order chi connectivity index (χ1) is 13.2. The van der Waals surface area contributed by atoms with Crippen molar-refractivity contribution in [3.8, 4) is 0 Å². The molecule has 1 amide bonds. The van der Waals surface area contributed by atoms with Gasteiger partial charge in [0, 0.05) is 12.6 Å². The fraction of sp³-hybridized carbons (Fsp3) is 0.944. The van der Waals surface area contributed by atoms with Crippen LogP contribution in [0.15, 0.2) is 0 Å². The second kappa shape index (κ2) is 9.12. The number of carbonyl (C=O) groups excluding carboxylic acids is 1. The second-order valence-electron chi connectivity index (χ2n) is 8.58. The van der Waals surface area contributed by atoms with Crippen molar-refractivity contribution in [1.82, 2.24) is 20.5 Å². The number of hydrogen-bond donors (Lipinski definition) is 3. The third-order valence-corrected chi connectivity index (χ3v) is 8.78. The lowest BCUT2D eigenvalue weighted by atomic mass is 9.76. The topological polar surface area (TPSA) is 90.5 Å². The zero-order valence-electron chi connectivity index (χ0n) is 16.5. The minimum atomic E-state index is -3.65. The SMILES string of the molecule is CC1NC(C2CC(Cl)C(F)C(C(=O)NNS(=O)(=O)C3CCCCC3)C2)CN1C. The van der Waals surface area contributed by atoms with Crippen LogP contribution in [-0.2, 0) is 14.8 Å². The third-order valence-electron chi connectivity index (χ3n) is 6.63.